The standard InChI is InChI=1S/C19H23NO6S2/c1-5-26-16(21)7-6-8-20-18(22)15(28-19(20)27)11-12-9-13(23-2)17(25-4)14(10-12)24-3/h9-11H,5-8H2,1-4H3/b15-11-. The first kappa shape index (κ1) is 22.0. The van der Waals surface area contributed by atoms with Crippen molar-refractivity contribution in [1.82, 2.24) is 4.90 Å². The smallest absolute Gasteiger partial charge is 0.305 e. The lowest BCUT2D eigenvalue weighted by molar-refractivity contribution is -0.143. The zero-order valence-electron chi connectivity index (χ0n) is 16.3. The van der Waals surface area contributed by atoms with E-state index in [1.165, 1.54) is 38.0 Å². The van der Waals surface area contributed by atoms with Crippen LogP contribution in [0.15, 0.2) is 17.0 Å². The van der Waals surface area contributed by atoms with Crippen molar-refractivity contribution in [3.05, 3.63) is 22.6 Å². The number of carbonyl (C=O) groups excluding carboxylic acids is 2. The monoisotopic (exact) mass is 425 g/mol. The Labute approximate surface area is 173 Å². The van der Waals surface area contributed by atoms with Crippen LogP contribution in [0.25, 0.3) is 6.08 Å². The Kier molecular flexibility index (Phi) is 8.13. The molecule has 0 aliphatic carbocycles. The molecule has 9 heteroatoms. The summed E-state index contributed by atoms with van der Waals surface area (Å²) in [6.45, 7) is 2.47. The van der Waals surface area contributed by atoms with Gasteiger partial charge in [0.05, 0.1) is 32.8 Å². The molecule has 1 aromatic carbocycles. The number of thiocarbonyl (C=S) groups is 1. The molecule has 1 amide bonds. The minimum atomic E-state index is -0.277. The van der Waals surface area contributed by atoms with E-state index < -0.39 is 0 Å². The van der Waals surface area contributed by atoms with Crippen LogP contribution in [0.3, 0.4) is 0 Å². The average Bonchev–Trinajstić information content (AvgIpc) is 2.94. The molecule has 1 aromatic rings. The van der Waals surface area contributed by atoms with Crippen LogP contribution in [-0.2, 0) is 14.3 Å². The van der Waals surface area contributed by atoms with Crippen molar-refractivity contribution < 1.29 is 28.5 Å². The lowest BCUT2D eigenvalue weighted by atomic mass is 10.1. The van der Waals surface area contributed by atoms with Crippen molar-refractivity contribution >= 4 is 46.3 Å². The highest BCUT2D eigenvalue weighted by molar-refractivity contribution is 8.26. The van der Waals surface area contributed by atoms with E-state index in [0.29, 0.717) is 46.0 Å². The highest BCUT2D eigenvalue weighted by Gasteiger charge is 2.31. The number of hydrogen-bond acceptors (Lipinski definition) is 8. The molecular weight excluding hydrogens is 402 g/mol. The largest absolute Gasteiger partial charge is 0.493 e. The summed E-state index contributed by atoms with van der Waals surface area (Å²) in [6, 6.07) is 3.52. The van der Waals surface area contributed by atoms with E-state index >= 15 is 0 Å². The Balaban J connectivity index is 2.16. The number of hydrogen-bond donors (Lipinski definition) is 0. The van der Waals surface area contributed by atoms with Crippen molar-refractivity contribution in [1.29, 1.82) is 0 Å². The summed E-state index contributed by atoms with van der Waals surface area (Å²) in [4.78, 5) is 26.1. The first-order valence-corrected chi connectivity index (χ1v) is 9.88. The molecule has 1 heterocycles. The molecule has 0 unspecified atom stereocenters. The van der Waals surface area contributed by atoms with Crippen molar-refractivity contribution in [2.24, 2.45) is 0 Å². The van der Waals surface area contributed by atoms with Crippen LogP contribution in [0.2, 0.25) is 0 Å². The molecule has 1 saturated heterocycles. The van der Waals surface area contributed by atoms with Crippen LogP contribution in [0, 0.1) is 0 Å². The molecule has 1 fully saturated rings. The van der Waals surface area contributed by atoms with Crippen molar-refractivity contribution in [3.63, 3.8) is 0 Å². The third-order valence-corrected chi connectivity index (χ3v) is 5.30. The number of methoxy groups -OCH3 is 3. The SMILES string of the molecule is CCOC(=O)CCCN1C(=O)/C(=C/c2cc(OC)c(OC)c(OC)c2)SC1=S. The minimum absolute atomic E-state index is 0.187. The molecule has 1 aliphatic heterocycles. The molecule has 7 nitrogen and oxygen atoms in total. The van der Waals surface area contributed by atoms with Crippen LogP contribution >= 0.6 is 24.0 Å². The highest BCUT2D eigenvalue weighted by Crippen LogP contribution is 2.40. The molecule has 1 aliphatic rings. The Bertz CT molecular complexity index is 768. The van der Waals surface area contributed by atoms with Gasteiger partial charge in [-0.05, 0) is 37.1 Å². The van der Waals surface area contributed by atoms with E-state index in [0.717, 1.165) is 5.56 Å². The van der Waals surface area contributed by atoms with Gasteiger partial charge in [0.1, 0.15) is 4.32 Å². The van der Waals surface area contributed by atoms with Crippen LogP contribution in [0.4, 0.5) is 0 Å². The van der Waals surface area contributed by atoms with E-state index in [2.05, 4.69) is 0 Å². The quantitative estimate of drug-likeness (QED) is 0.339. The van der Waals surface area contributed by atoms with Crippen LogP contribution in [0.5, 0.6) is 17.2 Å². The van der Waals surface area contributed by atoms with Crippen molar-refractivity contribution in [3.8, 4) is 17.2 Å². The summed E-state index contributed by atoms with van der Waals surface area (Å²) in [5.74, 6) is 1.01. The molecule has 0 radical (unpaired) electrons. The van der Waals surface area contributed by atoms with Gasteiger partial charge in [-0.25, -0.2) is 0 Å². The number of amides is 1. The number of nitrogens with zero attached hydrogens (tertiary/aromatic N) is 1. The summed E-state index contributed by atoms with van der Waals surface area (Å²) in [7, 11) is 4.59. The maximum atomic E-state index is 12.7. The minimum Gasteiger partial charge on any atom is -0.493 e. The van der Waals surface area contributed by atoms with E-state index in [4.69, 9.17) is 31.2 Å². The summed E-state index contributed by atoms with van der Waals surface area (Å²) < 4.78 is 21.4. The van der Waals surface area contributed by atoms with Gasteiger partial charge in [0, 0.05) is 13.0 Å². The zero-order valence-corrected chi connectivity index (χ0v) is 17.9. The summed E-state index contributed by atoms with van der Waals surface area (Å²) in [6.07, 6.45) is 2.47. The number of esters is 1. The fraction of sp³-hybridized carbons (Fsp3) is 0.421. The molecule has 28 heavy (non-hydrogen) atoms. The van der Waals surface area contributed by atoms with Crippen LogP contribution < -0.4 is 14.2 Å². The first-order valence-electron chi connectivity index (χ1n) is 8.66. The second-order valence-corrected chi connectivity index (χ2v) is 7.38. The number of benzene rings is 1. The van der Waals surface area contributed by atoms with Gasteiger partial charge < -0.3 is 18.9 Å². The van der Waals surface area contributed by atoms with Crippen molar-refractivity contribution in [2.75, 3.05) is 34.5 Å². The molecule has 0 N–H and O–H groups in total. The van der Waals surface area contributed by atoms with E-state index in [9.17, 15) is 9.59 Å². The maximum absolute atomic E-state index is 12.7. The van der Waals surface area contributed by atoms with Gasteiger partial charge in [-0.15, -0.1) is 0 Å². The second kappa shape index (κ2) is 10.3. The predicted molar refractivity (Wildman–Crippen MR) is 112 cm³/mol. The Morgan fingerprint density at radius 1 is 1.18 bits per heavy atom. The van der Waals surface area contributed by atoms with Crippen LogP contribution in [0.1, 0.15) is 25.3 Å². The van der Waals surface area contributed by atoms with Gasteiger partial charge in [0.2, 0.25) is 5.75 Å². The van der Waals surface area contributed by atoms with Gasteiger partial charge in [-0.1, -0.05) is 24.0 Å². The number of thioether (sulfide) groups is 1. The normalized spacial score (nSPS) is 15.1. The lowest BCUT2D eigenvalue weighted by Crippen LogP contribution is -2.29. The summed E-state index contributed by atoms with van der Waals surface area (Å²) >= 11 is 6.54. The summed E-state index contributed by atoms with van der Waals surface area (Å²) in [5, 5.41) is 0. The van der Waals surface area contributed by atoms with Gasteiger partial charge in [0.15, 0.2) is 11.5 Å². The Hall–Kier alpha value is -2.26. The van der Waals surface area contributed by atoms with E-state index in [1.54, 1.807) is 25.1 Å². The van der Waals surface area contributed by atoms with Gasteiger partial charge in [0.25, 0.3) is 5.91 Å². The number of ether oxygens (including phenoxy) is 4. The molecule has 2 rings (SSSR count). The zero-order chi connectivity index (χ0) is 20.7. The maximum Gasteiger partial charge on any atom is 0.305 e. The molecule has 0 aromatic heterocycles. The highest BCUT2D eigenvalue weighted by atomic mass is 32.2. The van der Waals surface area contributed by atoms with Crippen molar-refractivity contribution in [2.45, 2.75) is 19.8 Å². The number of rotatable bonds is 9. The fourth-order valence-corrected chi connectivity index (χ4v) is 3.95. The van der Waals surface area contributed by atoms with Crippen LogP contribution in [-0.4, -0.2) is 55.6 Å². The molecule has 0 spiro atoms. The van der Waals surface area contributed by atoms with Gasteiger partial charge in [-0.2, -0.15) is 0 Å². The molecule has 152 valence electrons. The summed E-state index contributed by atoms with van der Waals surface area (Å²) in [5.41, 5.74) is 0.724. The third kappa shape index (κ3) is 5.17. The molecule has 0 saturated carbocycles. The van der Waals surface area contributed by atoms with E-state index in [1.807, 2.05) is 0 Å². The first-order chi connectivity index (χ1) is 13.4. The fourth-order valence-electron chi connectivity index (χ4n) is 2.64. The lowest BCUT2D eigenvalue weighted by Gasteiger charge is -2.14. The molecular formula is C19H23NO6S2. The predicted octanol–water partition coefficient (Wildman–Crippen LogP) is 3.26. The molecule has 0 bridgehead atoms. The molecule has 0 atom stereocenters. The van der Waals surface area contributed by atoms with Gasteiger partial charge >= 0.3 is 5.97 Å². The topological polar surface area (TPSA) is 74.3 Å². The second-order valence-electron chi connectivity index (χ2n) is 5.70. The average molecular weight is 426 g/mol. The Morgan fingerprint density at radius 3 is 2.36 bits per heavy atom. The Morgan fingerprint density at radius 2 is 1.82 bits per heavy atom. The number of carbonyl (C=O) groups is 2. The third-order valence-electron chi connectivity index (χ3n) is 3.93. The van der Waals surface area contributed by atoms with Gasteiger partial charge in [-0.3, -0.25) is 14.5 Å². The van der Waals surface area contributed by atoms with E-state index in [-0.39, 0.29) is 18.3 Å².